The highest BCUT2D eigenvalue weighted by Gasteiger charge is 2.35. The number of piperidine rings is 1. The zero-order valence-corrected chi connectivity index (χ0v) is 11.8. The summed E-state index contributed by atoms with van der Waals surface area (Å²) in [5.74, 6) is -0.743. The third-order valence-corrected chi connectivity index (χ3v) is 3.93. The molecule has 2 N–H and O–H groups in total. The Kier molecular flexibility index (Phi) is 4.40. The van der Waals surface area contributed by atoms with Crippen molar-refractivity contribution in [2.24, 2.45) is 0 Å². The van der Waals surface area contributed by atoms with Crippen molar-refractivity contribution in [3.63, 3.8) is 0 Å². The van der Waals surface area contributed by atoms with E-state index in [0.717, 1.165) is 31.9 Å². The monoisotopic (exact) mass is 337 g/mol. The Labute approximate surface area is 118 Å². The molecule has 106 valence electrons. The normalized spacial score (nSPS) is 20.5. The van der Waals surface area contributed by atoms with Crippen LogP contribution in [-0.4, -0.2) is 17.7 Å². The van der Waals surface area contributed by atoms with Gasteiger partial charge in [-0.05, 0) is 59.4 Å². The molecule has 1 aromatic carbocycles. The van der Waals surface area contributed by atoms with Crippen LogP contribution >= 0.6 is 15.9 Å². The van der Waals surface area contributed by atoms with E-state index in [0.29, 0.717) is 12.0 Å². The molecule has 0 spiro atoms. The molecule has 1 unspecified atom stereocenters. The minimum absolute atomic E-state index is 0.0909. The van der Waals surface area contributed by atoms with E-state index in [4.69, 9.17) is 0 Å². The van der Waals surface area contributed by atoms with Crippen LogP contribution in [0.3, 0.4) is 0 Å². The minimum atomic E-state index is -4.54. The summed E-state index contributed by atoms with van der Waals surface area (Å²) in [7, 11) is 0. The molecule has 2 rings (SSSR count). The Morgan fingerprint density at radius 1 is 1.32 bits per heavy atom. The van der Waals surface area contributed by atoms with Crippen LogP contribution in [0, 0.1) is 0 Å². The molecule has 0 bridgehead atoms. The standard InChI is InChI=1S/C13H15BrF3NO/c14-11-7-8(5-9-3-1-2-4-18-9)6-10(12(11)19)13(15,16)17/h6-7,9,18-19H,1-5H2. The zero-order valence-electron chi connectivity index (χ0n) is 10.2. The molecular weight excluding hydrogens is 323 g/mol. The molecule has 6 heteroatoms. The largest absolute Gasteiger partial charge is 0.506 e. The van der Waals surface area contributed by atoms with Crippen LogP contribution in [0.15, 0.2) is 16.6 Å². The van der Waals surface area contributed by atoms with Gasteiger partial charge in [-0.2, -0.15) is 13.2 Å². The highest BCUT2D eigenvalue weighted by molar-refractivity contribution is 9.10. The third kappa shape index (κ3) is 3.63. The van der Waals surface area contributed by atoms with Crippen LogP contribution in [0.2, 0.25) is 0 Å². The molecule has 2 nitrogen and oxygen atoms in total. The number of alkyl halides is 3. The predicted molar refractivity (Wildman–Crippen MR) is 70.2 cm³/mol. The van der Waals surface area contributed by atoms with E-state index in [1.807, 2.05) is 0 Å². The molecule has 0 saturated carbocycles. The van der Waals surface area contributed by atoms with Gasteiger partial charge >= 0.3 is 6.18 Å². The summed E-state index contributed by atoms with van der Waals surface area (Å²) in [5.41, 5.74) is -0.399. The van der Waals surface area contributed by atoms with Gasteiger partial charge in [0.1, 0.15) is 5.75 Å². The molecule has 0 radical (unpaired) electrons. The summed E-state index contributed by atoms with van der Waals surface area (Å²) in [4.78, 5) is 0. The lowest BCUT2D eigenvalue weighted by Crippen LogP contribution is -2.35. The number of halogens is 4. The molecule has 0 aliphatic carbocycles. The smallest absolute Gasteiger partial charge is 0.420 e. The second kappa shape index (κ2) is 5.71. The Morgan fingerprint density at radius 2 is 2.05 bits per heavy atom. The maximum atomic E-state index is 12.8. The van der Waals surface area contributed by atoms with Crippen molar-refractivity contribution in [2.45, 2.75) is 37.9 Å². The number of benzene rings is 1. The zero-order chi connectivity index (χ0) is 14.0. The quantitative estimate of drug-likeness (QED) is 0.858. The van der Waals surface area contributed by atoms with Crippen LogP contribution in [0.1, 0.15) is 30.4 Å². The first-order chi connectivity index (χ1) is 8.88. The Bertz CT molecular complexity index is 456. The first-order valence-electron chi connectivity index (χ1n) is 6.20. The highest BCUT2D eigenvalue weighted by atomic mass is 79.9. The van der Waals surface area contributed by atoms with Gasteiger partial charge in [0.2, 0.25) is 0 Å². The average molecular weight is 338 g/mol. The lowest BCUT2D eigenvalue weighted by Gasteiger charge is -2.24. The number of hydrogen-bond donors (Lipinski definition) is 2. The van der Waals surface area contributed by atoms with Crippen LogP contribution in [-0.2, 0) is 12.6 Å². The molecule has 0 aromatic heterocycles. The summed E-state index contributed by atoms with van der Waals surface area (Å²) < 4.78 is 38.5. The van der Waals surface area contributed by atoms with E-state index >= 15 is 0 Å². The van der Waals surface area contributed by atoms with Crippen LogP contribution in [0.5, 0.6) is 5.75 Å². The van der Waals surface area contributed by atoms with Crippen LogP contribution in [0.25, 0.3) is 0 Å². The first kappa shape index (κ1) is 14.7. The van der Waals surface area contributed by atoms with Gasteiger partial charge in [0.25, 0.3) is 0 Å². The molecule has 1 aliphatic rings. The molecule has 0 amide bonds. The number of hydrogen-bond acceptors (Lipinski definition) is 2. The van der Waals surface area contributed by atoms with E-state index in [9.17, 15) is 18.3 Å². The number of phenols is 1. The lowest BCUT2D eigenvalue weighted by atomic mass is 9.96. The molecular formula is C13H15BrF3NO. The van der Waals surface area contributed by atoms with E-state index in [-0.39, 0.29) is 10.5 Å². The maximum Gasteiger partial charge on any atom is 0.420 e. The van der Waals surface area contributed by atoms with Gasteiger partial charge in [-0.25, -0.2) is 0 Å². The molecule has 1 atom stereocenters. The van der Waals surface area contributed by atoms with Crippen molar-refractivity contribution in [1.82, 2.24) is 5.32 Å². The topological polar surface area (TPSA) is 32.3 Å². The van der Waals surface area contributed by atoms with Crippen molar-refractivity contribution in [1.29, 1.82) is 0 Å². The van der Waals surface area contributed by atoms with Gasteiger partial charge in [-0.1, -0.05) is 6.42 Å². The van der Waals surface area contributed by atoms with E-state index in [1.54, 1.807) is 6.07 Å². The molecule has 1 fully saturated rings. The van der Waals surface area contributed by atoms with Crippen molar-refractivity contribution < 1.29 is 18.3 Å². The summed E-state index contributed by atoms with van der Waals surface area (Å²) >= 11 is 2.98. The highest BCUT2D eigenvalue weighted by Crippen LogP contribution is 2.40. The van der Waals surface area contributed by atoms with Gasteiger partial charge in [0.05, 0.1) is 10.0 Å². The first-order valence-corrected chi connectivity index (χ1v) is 6.99. The van der Waals surface area contributed by atoms with Crippen LogP contribution < -0.4 is 5.32 Å². The minimum Gasteiger partial charge on any atom is -0.506 e. The number of rotatable bonds is 2. The van der Waals surface area contributed by atoms with E-state index < -0.39 is 17.5 Å². The van der Waals surface area contributed by atoms with Crippen LogP contribution in [0.4, 0.5) is 13.2 Å². The van der Waals surface area contributed by atoms with Gasteiger partial charge < -0.3 is 10.4 Å². The van der Waals surface area contributed by atoms with Crippen molar-refractivity contribution in [3.8, 4) is 5.75 Å². The van der Waals surface area contributed by atoms with Gasteiger partial charge in [0, 0.05) is 6.04 Å². The third-order valence-electron chi connectivity index (χ3n) is 3.32. The SMILES string of the molecule is Oc1c(Br)cc(CC2CCCCN2)cc1C(F)(F)F. The number of phenolic OH excluding ortho intramolecular Hbond substituents is 1. The fraction of sp³-hybridized carbons (Fsp3) is 0.538. The molecule has 1 heterocycles. The van der Waals surface area contributed by atoms with Gasteiger partial charge in [-0.15, -0.1) is 0 Å². The van der Waals surface area contributed by atoms with Gasteiger partial charge in [-0.3, -0.25) is 0 Å². The lowest BCUT2D eigenvalue weighted by molar-refractivity contribution is -0.138. The van der Waals surface area contributed by atoms with Gasteiger partial charge in [0.15, 0.2) is 0 Å². The average Bonchev–Trinajstić information content (AvgIpc) is 2.33. The number of aromatic hydroxyl groups is 1. The molecule has 1 saturated heterocycles. The second-order valence-electron chi connectivity index (χ2n) is 4.82. The van der Waals surface area contributed by atoms with E-state index in [1.165, 1.54) is 0 Å². The Hall–Kier alpha value is -0.750. The molecule has 1 aliphatic heterocycles. The maximum absolute atomic E-state index is 12.8. The Balaban J connectivity index is 2.23. The van der Waals surface area contributed by atoms with Crippen molar-refractivity contribution in [2.75, 3.05) is 6.54 Å². The van der Waals surface area contributed by atoms with Crippen molar-refractivity contribution >= 4 is 15.9 Å². The molecule has 19 heavy (non-hydrogen) atoms. The fourth-order valence-corrected chi connectivity index (χ4v) is 2.88. The summed E-state index contributed by atoms with van der Waals surface area (Å²) in [6.45, 7) is 0.913. The summed E-state index contributed by atoms with van der Waals surface area (Å²) in [6, 6.07) is 2.81. The molecule has 1 aromatic rings. The van der Waals surface area contributed by atoms with E-state index in [2.05, 4.69) is 21.2 Å². The number of nitrogens with one attached hydrogen (secondary N) is 1. The second-order valence-corrected chi connectivity index (χ2v) is 5.68. The summed E-state index contributed by atoms with van der Waals surface area (Å²) in [5, 5.41) is 12.8. The Morgan fingerprint density at radius 3 is 2.63 bits per heavy atom. The summed E-state index contributed by atoms with van der Waals surface area (Å²) in [6.07, 6.45) is -0.808. The van der Waals surface area contributed by atoms with Crippen molar-refractivity contribution in [3.05, 3.63) is 27.7 Å². The fourth-order valence-electron chi connectivity index (χ4n) is 2.37. The predicted octanol–water partition coefficient (Wildman–Crippen LogP) is 3.86.